The van der Waals surface area contributed by atoms with Gasteiger partial charge in [-0.2, -0.15) is 0 Å². The Bertz CT molecular complexity index is 340. The standard InChI is InChI=1S/C10H8F2/c11-9-6-5-7-3-1-2-4-8(7)10(9)12/h2,4-6H,1,3H2. The van der Waals surface area contributed by atoms with Gasteiger partial charge in [-0.1, -0.05) is 18.2 Å². The number of hydrogen-bond acceptors (Lipinski definition) is 0. The number of hydrogen-bond donors (Lipinski definition) is 0. The van der Waals surface area contributed by atoms with Crippen LogP contribution in [0, 0.1) is 11.6 Å². The first-order valence-corrected chi connectivity index (χ1v) is 3.92. The van der Waals surface area contributed by atoms with Crippen molar-refractivity contribution in [1.82, 2.24) is 0 Å². The van der Waals surface area contributed by atoms with Crippen LogP contribution in [-0.2, 0) is 6.42 Å². The van der Waals surface area contributed by atoms with E-state index in [0.29, 0.717) is 5.56 Å². The molecule has 0 spiro atoms. The highest BCUT2D eigenvalue weighted by atomic mass is 19.2. The Kier molecular flexibility index (Phi) is 1.68. The summed E-state index contributed by atoms with van der Waals surface area (Å²) in [5.41, 5.74) is 1.32. The summed E-state index contributed by atoms with van der Waals surface area (Å²) < 4.78 is 25.8. The molecule has 1 aromatic rings. The highest BCUT2D eigenvalue weighted by Gasteiger charge is 2.12. The maximum atomic E-state index is 13.1. The first-order valence-electron chi connectivity index (χ1n) is 3.92. The van der Waals surface area contributed by atoms with Gasteiger partial charge in [-0.15, -0.1) is 0 Å². The van der Waals surface area contributed by atoms with E-state index in [0.717, 1.165) is 18.4 Å². The zero-order valence-corrected chi connectivity index (χ0v) is 6.48. The molecule has 0 atom stereocenters. The average Bonchev–Trinajstić information content (AvgIpc) is 2.12. The number of allylic oxidation sites excluding steroid dienone is 1. The lowest BCUT2D eigenvalue weighted by Crippen LogP contribution is -1.99. The highest BCUT2D eigenvalue weighted by molar-refractivity contribution is 5.57. The molecule has 0 saturated heterocycles. The molecule has 0 nitrogen and oxygen atoms in total. The fourth-order valence-corrected chi connectivity index (χ4v) is 1.44. The van der Waals surface area contributed by atoms with Crippen molar-refractivity contribution in [2.45, 2.75) is 12.8 Å². The summed E-state index contributed by atoms with van der Waals surface area (Å²) >= 11 is 0. The van der Waals surface area contributed by atoms with Crippen molar-refractivity contribution in [3.63, 3.8) is 0 Å². The van der Waals surface area contributed by atoms with Crippen LogP contribution in [0.2, 0.25) is 0 Å². The zero-order chi connectivity index (χ0) is 8.55. The van der Waals surface area contributed by atoms with Crippen LogP contribution in [0.4, 0.5) is 8.78 Å². The molecule has 0 bridgehead atoms. The third-order valence-corrected chi connectivity index (χ3v) is 2.09. The Labute approximate surface area is 69.5 Å². The molecule has 0 N–H and O–H groups in total. The molecule has 2 rings (SSSR count). The molecule has 12 heavy (non-hydrogen) atoms. The van der Waals surface area contributed by atoms with Crippen molar-refractivity contribution in [3.8, 4) is 0 Å². The molecular weight excluding hydrogens is 158 g/mol. The number of fused-ring (bicyclic) bond motifs is 1. The molecule has 1 aromatic carbocycles. The minimum atomic E-state index is -0.764. The van der Waals surface area contributed by atoms with E-state index in [1.54, 1.807) is 12.1 Å². The molecule has 0 saturated carbocycles. The van der Waals surface area contributed by atoms with Crippen LogP contribution in [0.15, 0.2) is 18.2 Å². The summed E-state index contributed by atoms with van der Waals surface area (Å²) in [6.07, 6.45) is 5.24. The third kappa shape index (κ3) is 1.04. The van der Waals surface area contributed by atoms with Gasteiger partial charge < -0.3 is 0 Å². The van der Waals surface area contributed by atoms with Crippen molar-refractivity contribution >= 4 is 6.08 Å². The second-order valence-corrected chi connectivity index (χ2v) is 2.88. The van der Waals surface area contributed by atoms with Crippen LogP contribution < -0.4 is 0 Å². The van der Waals surface area contributed by atoms with Crippen LogP contribution in [0.25, 0.3) is 6.08 Å². The van der Waals surface area contributed by atoms with Crippen molar-refractivity contribution < 1.29 is 8.78 Å². The number of benzene rings is 1. The maximum Gasteiger partial charge on any atom is 0.166 e. The molecule has 1 aliphatic rings. The van der Waals surface area contributed by atoms with E-state index >= 15 is 0 Å². The highest BCUT2D eigenvalue weighted by Crippen LogP contribution is 2.23. The Hall–Kier alpha value is -1.18. The van der Waals surface area contributed by atoms with Gasteiger partial charge in [0.15, 0.2) is 11.6 Å². The summed E-state index contributed by atoms with van der Waals surface area (Å²) in [6.45, 7) is 0. The van der Waals surface area contributed by atoms with Gasteiger partial charge in [0.2, 0.25) is 0 Å². The van der Waals surface area contributed by atoms with E-state index in [2.05, 4.69) is 0 Å². The Balaban J connectivity index is 2.64. The van der Waals surface area contributed by atoms with Crippen molar-refractivity contribution in [1.29, 1.82) is 0 Å². The first kappa shape index (κ1) is 7.47. The van der Waals surface area contributed by atoms with Crippen molar-refractivity contribution in [2.24, 2.45) is 0 Å². The van der Waals surface area contributed by atoms with Crippen LogP contribution in [-0.4, -0.2) is 0 Å². The molecule has 0 fully saturated rings. The summed E-state index contributed by atoms with van der Waals surface area (Å²) in [5.74, 6) is -1.48. The lowest BCUT2D eigenvalue weighted by molar-refractivity contribution is 0.505. The summed E-state index contributed by atoms with van der Waals surface area (Å²) in [7, 11) is 0. The summed E-state index contributed by atoms with van der Waals surface area (Å²) in [5, 5.41) is 0. The van der Waals surface area contributed by atoms with Gasteiger partial charge in [-0.3, -0.25) is 0 Å². The SMILES string of the molecule is Fc1ccc2c(c1F)C=CCC2. The van der Waals surface area contributed by atoms with Gasteiger partial charge in [0, 0.05) is 5.56 Å². The van der Waals surface area contributed by atoms with E-state index in [4.69, 9.17) is 0 Å². The van der Waals surface area contributed by atoms with E-state index < -0.39 is 11.6 Å². The molecular formula is C10H8F2. The molecule has 0 heterocycles. The first-order chi connectivity index (χ1) is 5.79. The normalized spacial score (nSPS) is 14.5. The topological polar surface area (TPSA) is 0 Å². The van der Waals surface area contributed by atoms with E-state index in [1.807, 2.05) is 6.08 Å². The molecule has 1 aliphatic carbocycles. The second kappa shape index (κ2) is 2.70. The number of aryl methyl sites for hydroxylation is 1. The van der Waals surface area contributed by atoms with E-state index in [9.17, 15) is 8.78 Å². The van der Waals surface area contributed by atoms with Crippen LogP contribution >= 0.6 is 0 Å². The van der Waals surface area contributed by atoms with Gasteiger partial charge in [0.1, 0.15) is 0 Å². The smallest absolute Gasteiger partial charge is 0.166 e. The van der Waals surface area contributed by atoms with Crippen molar-refractivity contribution in [3.05, 3.63) is 41.0 Å². The fourth-order valence-electron chi connectivity index (χ4n) is 1.44. The number of halogens is 2. The summed E-state index contributed by atoms with van der Waals surface area (Å²) in [4.78, 5) is 0. The minimum Gasteiger partial charge on any atom is -0.204 e. The molecule has 0 radical (unpaired) electrons. The third-order valence-electron chi connectivity index (χ3n) is 2.09. The van der Waals surface area contributed by atoms with Gasteiger partial charge >= 0.3 is 0 Å². The summed E-state index contributed by atoms with van der Waals surface area (Å²) in [6, 6.07) is 2.84. The largest absolute Gasteiger partial charge is 0.204 e. The molecule has 0 aromatic heterocycles. The van der Waals surface area contributed by atoms with Crippen LogP contribution in [0.1, 0.15) is 17.5 Å². The lowest BCUT2D eigenvalue weighted by Gasteiger charge is -2.10. The number of rotatable bonds is 0. The minimum absolute atomic E-state index is 0.418. The predicted octanol–water partition coefficient (Wildman–Crippen LogP) is 2.92. The zero-order valence-electron chi connectivity index (χ0n) is 6.48. The van der Waals surface area contributed by atoms with Gasteiger partial charge in [0.05, 0.1) is 0 Å². The molecule has 2 heteroatoms. The second-order valence-electron chi connectivity index (χ2n) is 2.88. The van der Waals surface area contributed by atoms with Crippen molar-refractivity contribution in [2.75, 3.05) is 0 Å². The van der Waals surface area contributed by atoms with E-state index in [-0.39, 0.29) is 0 Å². The molecule has 0 amide bonds. The maximum absolute atomic E-state index is 13.1. The molecule has 0 unspecified atom stereocenters. The monoisotopic (exact) mass is 166 g/mol. The Morgan fingerprint density at radius 1 is 1.17 bits per heavy atom. The van der Waals surface area contributed by atoms with Gasteiger partial charge in [0.25, 0.3) is 0 Å². The Morgan fingerprint density at radius 2 is 2.00 bits per heavy atom. The average molecular weight is 166 g/mol. The van der Waals surface area contributed by atoms with E-state index in [1.165, 1.54) is 6.07 Å². The lowest BCUT2D eigenvalue weighted by atomic mass is 9.97. The van der Waals surface area contributed by atoms with Gasteiger partial charge in [-0.25, -0.2) is 8.78 Å². The van der Waals surface area contributed by atoms with Gasteiger partial charge in [-0.05, 0) is 24.5 Å². The van der Waals surface area contributed by atoms with Crippen LogP contribution in [0.5, 0.6) is 0 Å². The fraction of sp³-hybridized carbons (Fsp3) is 0.200. The van der Waals surface area contributed by atoms with Crippen LogP contribution in [0.3, 0.4) is 0 Å². The predicted molar refractivity (Wildman–Crippen MR) is 43.7 cm³/mol. The molecule has 62 valence electrons. The molecule has 0 aliphatic heterocycles. The quantitative estimate of drug-likeness (QED) is 0.555. The Morgan fingerprint density at radius 3 is 2.83 bits per heavy atom.